The molecule has 0 heterocycles. The summed E-state index contributed by atoms with van der Waals surface area (Å²) in [6.07, 6.45) is 5.13. The number of thiocarbonyl (C=S) groups is 1. The molecule has 2 N–H and O–H groups in total. The predicted molar refractivity (Wildman–Crippen MR) is 82.1 cm³/mol. The topological polar surface area (TPSA) is 24.1 Å². The van der Waals surface area contributed by atoms with Gasteiger partial charge < -0.3 is 10.6 Å². The van der Waals surface area contributed by atoms with Gasteiger partial charge in [-0.3, -0.25) is 0 Å². The van der Waals surface area contributed by atoms with Gasteiger partial charge in [-0.1, -0.05) is 38.8 Å². The van der Waals surface area contributed by atoms with Crippen LogP contribution in [0.4, 0.5) is 5.69 Å². The van der Waals surface area contributed by atoms with E-state index in [4.69, 9.17) is 12.2 Å². The van der Waals surface area contributed by atoms with Crippen molar-refractivity contribution in [3.8, 4) is 0 Å². The Balaban J connectivity index is 1.91. The first kappa shape index (κ1) is 13.3. The van der Waals surface area contributed by atoms with Gasteiger partial charge in [-0.25, -0.2) is 0 Å². The van der Waals surface area contributed by atoms with E-state index in [1.54, 1.807) is 0 Å². The van der Waals surface area contributed by atoms with E-state index in [9.17, 15) is 0 Å². The van der Waals surface area contributed by atoms with E-state index in [0.717, 1.165) is 10.8 Å². The second-order valence-corrected chi connectivity index (χ2v) is 5.77. The summed E-state index contributed by atoms with van der Waals surface area (Å²) >= 11 is 5.36. The Labute approximate surface area is 115 Å². The van der Waals surface area contributed by atoms with Crippen LogP contribution >= 0.6 is 12.2 Å². The number of rotatable bonds is 3. The molecule has 0 saturated heterocycles. The summed E-state index contributed by atoms with van der Waals surface area (Å²) in [6, 6.07) is 9.04. The summed E-state index contributed by atoms with van der Waals surface area (Å²) < 4.78 is 0. The lowest BCUT2D eigenvalue weighted by molar-refractivity contribution is 0.634. The fraction of sp³-hybridized carbons (Fsp3) is 0.533. The zero-order valence-corrected chi connectivity index (χ0v) is 12.0. The van der Waals surface area contributed by atoms with Crippen molar-refractivity contribution in [2.24, 2.45) is 0 Å². The molecular weight excluding hydrogens is 240 g/mol. The molecule has 0 radical (unpaired) electrons. The maximum atomic E-state index is 5.36. The zero-order chi connectivity index (χ0) is 13.0. The van der Waals surface area contributed by atoms with E-state index in [2.05, 4.69) is 48.7 Å². The van der Waals surface area contributed by atoms with Crippen LogP contribution in [0.1, 0.15) is 51.0 Å². The molecule has 1 aliphatic rings. The Morgan fingerprint density at radius 1 is 1.28 bits per heavy atom. The molecule has 0 atom stereocenters. The van der Waals surface area contributed by atoms with Gasteiger partial charge in [0.1, 0.15) is 0 Å². The van der Waals surface area contributed by atoms with Gasteiger partial charge in [0.15, 0.2) is 5.11 Å². The molecule has 0 unspecified atom stereocenters. The molecule has 0 aliphatic heterocycles. The lowest BCUT2D eigenvalue weighted by Crippen LogP contribution is -2.35. The Hall–Kier alpha value is -1.09. The van der Waals surface area contributed by atoms with E-state index < -0.39 is 0 Å². The standard InChI is InChI=1S/C15H22N2S/c1-11(2)12-6-5-9-14(10-12)17-15(18)16-13-7-3-4-8-13/h5-6,9-11,13H,3-4,7-8H2,1-2H3,(H2,16,17,18). The van der Waals surface area contributed by atoms with Gasteiger partial charge in [-0.05, 0) is 48.7 Å². The van der Waals surface area contributed by atoms with Crippen LogP contribution in [-0.4, -0.2) is 11.2 Å². The molecule has 98 valence electrons. The van der Waals surface area contributed by atoms with E-state index >= 15 is 0 Å². The van der Waals surface area contributed by atoms with Crippen molar-refractivity contribution >= 4 is 23.0 Å². The molecule has 1 saturated carbocycles. The number of anilines is 1. The van der Waals surface area contributed by atoms with Crippen LogP contribution in [0.3, 0.4) is 0 Å². The summed E-state index contributed by atoms with van der Waals surface area (Å²) in [4.78, 5) is 0. The summed E-state index contributed by atoms with van der Waals surface area (Å²) in [7, 11) is 0. The number of hydrogen-bond donors (Lipinski definition) is 2. The van der Waals surface area contributed by atoms with E-state index in [1.165, 1.54) is 31.2 Å². The Kier molecular flexibility index (Phi) is 4.59. The van der Waals surface area contributed by atoms with Gasteiger partial charge in [0.2, 0.25) is 0 Å². The zero-order valence-electron chi connectivity index (χ0n) is 11.2. The third-order valence-electron chi connectivity index (χ3n) is 3.50. The third-order valence-corrected chi connectivity index (χ3v) is 3.72. The number of hydrogen-bond acceptors (Lipinski definition) is 1. The fourth-order valence-corrected chi connectivity index (χ4v) is 2.68. The van der Waals surface area contributed by atoms with Crippen LogP contribution in [0, 0.1) is 0 Å². The molecule has 2 rings (SSSR count). The minimum atomic E-state index is 0.545. The van der Waals surface area contributed by atoms with E-state index in [-0.39, 0.29) is 0 Å². The first-order chi connectivity index (χ1) is 8.65. The van der Waals surface area contributed by atoms with Gasteiger partial charge in [0.05, 0.1) is 0 Å². The Bertz CT molecular complexity index is 409. The maximum Gasteiger partial charge on any atom is 0.170 e. The minimum absolute atomic E-state index is 0.545. The van der Waals surface area contributed by atoms with Crippen LogP contribution in [0.25, 0.3) is 0 Å². The van der Waals surface area contributed by atoms with Crippen molar-refractivity contribution in [1.82, 2.24) is 5.32 Å². The number of nitrogens with one attached hydrogen (secondary N) is 2. The molecule has 2 nitrogen and oxygen atoms in total. The fourth-order valence-electron chi connectivity index (χ4n) is 2.40. The summed E-state index contributed by atoms with van der Waals surface area (Å²) in [5.41, 5.74) is 2.42. The van der Waals surface area contributed by atoms with Crippen molar-refractivity contribution in [2.45, 2.75) is 51.5 Å². The van der Waals surface area contributed by atoms with E-state index in [1.807, 2.05) is 0 Å². The Morgan fingerprint density at radius 3 is 2.67 bits per heavy atom. The van der Waals surface area contributed by atoms with Crippen LogP contribution in [0.15, 0.2) is 24.3 Å². The summed E-state index contributed by atoms with van der Waals surface area (Å²) in [5.74, 6) is 0.545. The molecule has 0 spiro atoms. The van der Waals surface area contributed by atoms with Crippen molar-refractivity contribution < 1.29 is 0 Å². The smallest absolute Gasteiger partial charge is 0.170 e. The van der Waals surface area contributed by atoms with Crippen molar-refractivity contribution in [3.05, 3.63) is 29.8 Å². The van der Waals surface area contributed by atoms with Gasteiger partial charge in [0, 0.05) is 11.7 Å². The van der Waals surface area contributed by atoms with E-state index in [0.29, 0.717) is 12.0 Å². The molecule has 0 bridgehead atoms. The highest BCUT2D eigenvalue weighted by Crippen LogP contribution is 2.20. The molecule has 18 heavy (non-hydrogen) atoms. The highest BCUT2D eigenvalue weighted by atomic mass is 32.1. The SMILES string of the molecule is CC(C)c1cccc(NC(=S)NC2CCCC2)c1. The second kappa shape index (κ2) is 6.19. The van der Waals surface area contributed by atoms with Crippen LogP contribution < -0.4 is 10.6 Å². The molecule has 3 heteroatoms. The summed E-state index contributed by atoms with van der Waals surface area (Å²) in [6.45, 7) is 4.41. The predicted octanol–water partition coefficient (Wildman–Crippen LogP) is 4.04. The lowest BCUT2D eigenvalue weighted by atomic mass is 10.0. The van der Waals surface area contributed by atoms with Gasteiger partial charge >= 0.3 is 0 Å². The van der Waals surface area contributed by atoms with Crippen molar-refractivity contribution in [3.63, 3.8) is 0 Å². The normalized spacial score (nSPS) is 15.9. The van der Waals surface area contributed by atoms with Gasteiger partial charge in [-0.2, -0.15) is 0 Å². The van der Waals surface area contributed by atoms with Gasteiger partial charge in [0.25, 0.3) is 0 Å². The van der Waals surface area contributed by atoms with Crippen molar-refractivity contribution in [1.29, 1.82) is 0 Å². The molecule has 1 fully saturated rings. The highest BCUT2D eigenvalue weighted by molar-refractivity contribution is 7.80. The monoisotopic (exact) mass is 262 g/mol. The molecule has 1 aromatic carbocycles. The van der Waals surface area contributed by atoms with Gasteiger partial charge in [-0.15, -0.1) is 0 Å². The molecule has 1 aromatic rings. The lowest BCUT2D eigenvalue weighted by Gasteiger charge is -2.16. The average Bonchev–Trinajstić information content (AvgIpc) is 2.82. The maximum absolute atomic E-state index is 5.36. The van der Waals surface area contributed by atoms with Crippen LogP contribution in [0.5, 0.6) is 0 Å². The quantitative estimate of drug-likeness (QED) is 0.804. The molecule has 0 aromatic heterocycles. The van der Waals surface area contributed by atoms with Crippen molar-refractivity contribution in [2.75, 3.05) is 5.32 Å². The highest BCUT2D eigenvalue weighted by Gasteiger charge is 2.15. The van der Waals surface area contributed by atoms with Crippen LogP contribution in [-0.2, 0) is 0 Å². The largest absolute Gasteiger partial charge is 0.360 e. The van der Waals surface area contributed by atoms with Crippen LogP contribution in [0.2, 0.25) is 0 Å². The first-order valence-corrected chi connectivity index (χ1v) is 7.23. The molecule has 0 amide bonds. The molecule has 1 aliphatic carbocycles. The summed E-state index contributed by atoms with van der Waals surface area (Å²) in [5, 5.41) is 7.43. The number of benzene rings is 1. The second-order valence-electron chi connectivity index (χ2n) is 5.36. The Morgan fingerprint density at radius 2 is 2.00 bits per heavy atom. The molecular formula is C15H22N2S. The average molecular weight is 262 g/mol. The minimum Gasteiger partial charge on any atom is -0.360 e. The first-order valence-electron chi connectivity index (χ1n) is 6.82. The third kappa shape index (κ3) is 3.70.